The predicted octanol–water partition coefficient (Wildman–Crippen LogP) is 15.4. The van der Waals surface area contributed by atoms with E-state index in [9.17, 15) is 23.8 Å². The number of unbranched alkanes of at least 4 members (excludes halogenated alkanes) is 24. The zero-order valence-electron chi connectivity index (χ0n) is 54.4. The summed E-state index contributed by atoms with van der Waals surface area (Å²) in [5.74, 6) is -2.38. The number of carbonyl (C=O) groups is 2. The second-order valence-electron chi connectivity index (χ2n) is 25.2. The van der Waals surface area contributed by atoms with Gasteiger partial charge in [0.25, 0.3) is 0 Å². The van der Waals surface area contributed by atoms with Gasteiger partial charge in [0.2, 0.25) is 0 Å². The molecule has 8 atom stereocenters. The molecule has 1 unspecified atom stereocenters. The first-order chi connectivity index (χ1) is 44.8. The van der Waals surface area contributed by atoms with Crippen molar-refractivity contribution in [3.8, 4) is 0 Å². The zero-order chi connectivity index (χ0) is 64.8. The minimum Gasteiger partial charge on any atom is -0.462 e. The Morgan fingerprint density at radius 2 is 0.913 bits per heavy atom. The van der Waals surface area contributed by atoms with Crippen LogP contribution in [0.5, 0.6) is 0 Å². The number of fused-ring (bicyclic) bond motifs is 3. The van der Waals surface area contributed by atoms with Gasteiger partial charge < -0.3 is 42.1 Å². The van der Waals surface area contributed by atoms with E-state index in [-0.39, 0.29) is 19.4 Å². The Labute approximate surface area is 545 Å². The molecular weight excluding hydrogens is 1240 g/mol. The van der Waals surface area contributed by atoms with Crippen LogP contribution in [0.25, 0.3) is 25.0 Å². The number of phosphoric ester groups is 3. The van der Waals surface area contributed by atoms with Crippen LogP contribution in [0, 0.1) is 0 Å². The summed E-state index contributed by atoms with van der Waals surface area (Å²) < 4.78 is 126. The fraction of sp³-hybridized carbons (Fsp3) is 0.657. The molecule has 0 aromatic heterocycles. The molecule has 2 aliphatic carbocycles. The normalized spacial score (nSPS) is 22.6. The highest BCUT2D eigenvalue weighted by molar-refractivity contribution is 7.49. The zero-order valence-corrected chi connectivity index (χ0v) is 57.1. The van der Waals surface area contributed by atoms with Gasteiger partial charge in [0.1, 0.15) is 68.3 Å². The Morgan fingerprint density at radius 1 is 0.511 bits per heavy atom. The minimum atomic E-state index is -5.05. The van der Waals surface area contributed by atoms with Crippen LogP contribution in [-0.4, -0.2) is 78.8 Å². The molecule has 512 valence electrons. The van der Waals surface area contributed by atoms with Crippen molar-refractivity contribution in [3.63, 3.8) is 0 Å². The highest BCUT2D eigenvalue weighted by Crippen LogP contribution is 2.61. The monoisotopic (exact) mass is 1340 g/mol. The van der Waals surface area contributed by atoms with Crippen LogP contribution in [0.1, 0.15) is 231 Å². The number of ether oxygens (including phenoxy) is 4. The maximum absolute atomic E-state index is 15.8. The van der Waals surface area contributed by atoms with Crippen LogP contribution in [0.4, 0.5) is 0 Å². The molecule has 1 spiro atoms. The number of benzene rings is 3. The van der Waals surface area contributed by atoms with Gasteiger partial charge in [0.05, 0.1) is 13.2 Å². The number of hydrogen-bond acceptors (Lipinski definition) is 19. The maximum atomic E-state index is 15.8. The van der Waals surface area contributed by atoms with Gasteiger partial charge in [-0.2, -0.15) is 0 Å². The van der Waals surface area contributed by atoms with Crippen LogP contribution in [0.3, 0.4) is 0 Å². The van der Waals surface area contributed by atoms with Crippen LogP contribution in [0.2, 0.25) is 0 Å². The minimum absolute atomic E-state index is 0.0891. The second kappa shape index (κ2) is 39.0. The van der Waals surface area contributed by atoms with Crippen molar-refractivity contribution in [2.24, 2.45) is 0 Å². The summed E-state index contributed by atoms with van der Waals surface area (Å²) in [7, 11) is -14.6. The fourth-order valence-corrected chi connectivity index (χ4v) is 16.1. The summed E-state index contributed by atoms with van der Waals surface area (Å²) in [5, 5.41) is 15.0. The Kier molecular flexibility index (Phi) is 31.1. The molecule has 3 heterocycles. The van der Waals surface area contributed by atoms with Crippen molar-refractivity contribution < 1.29 is 88.1 Å². The largest absolute Gasteiger partial charge is 0.586 e. The molecule has 1 saturated heterocycles. The standard InChI is InChI=1S/C70H103O19P3/c1-3-5-7-9-11-13-15-17-19-21-23-25-31-45-62(71)77-54-61(84-63(72)46-32-26-24-22-20-18-16-14-12-10-8-6-4-2)55-83-90(74,78-49-56-39-29-27-30-40-56)87-65-64(73)66(88-91(75)79-50-57-41-33-34-42-58(57)51-80-91)69(68-67(65)85-70(86-68)47-37-28-38-48-70)89-92(76)81-52-59-43-35-36-44-60(59)53-82-92/h27,29-30,33-36,39-44,50-53,61,64-69,73H,3-26,28,31-32,37-38,45-49,54-55H2,1-2H3/t61-,64+,65+,66-,67+,68+,69+,90?/m1/s1. The van der Waals surface area contributed by atoms with Crippen molar-refractivity contribution in [2.45, 2.75) is 281 Å². The molecule has 2 saturated carbocycles. The SMILES string of the molecule is CCCCCCCCCCCCCCCC(=O)OC[C@H](COP(=O)(OCc1ccccc1)O[C@H]1[C@H](O)[C@@H](OP2(=O)OC=c3ccccc3=CO2)[C@H](OP2(=O)OC=c3ccccc3=CO2)[C@H]2OC3(CCCCC3)O[C@H]21)OC(=O)CCCCCCCCCCCCCCC. The van der Waals surface area contributed by atoms with Crippen molar-refractivity contribution in [3.05, 3.63) is 105 Å². The highest BCUT2D eigenvalue weighted by atomic mass is 31.2. The lowest BCUT2D eigenvalue weighted by Gasteiger charge is -2.44. The average molecular weight is 1340 g/mol. The van der Waals surface area contributed by atoms with Gasteiger partial charge in [0, 0.05) is 46.6 Å². The first kappa shape index (κ1) is 73.5. The van der Waals surface area contributed by atoms with Crippen LogP contribution >= 0.6 is 23.5 Å². The molecule has 22 heteroatoms. The third-order valence-corrected chi connectivity index (χ3v) is 21.5. The quantitative estimate of drug-likeness (QED) is 0.0316. The molecule has 3 aromatic carbocycles. The van der Waals surface area contributed by atoms with E-state index in [0.717, 1.165) is 51.4 Å². The van der Waals surface area contributed by atoms with E-state index in [1.807, 2.05) is 0 Å². The Morgan fingerprint density at radius 3 is 1.37 bits per heavy atom. The number of hydrogen-bond donors (Lipinski definition) is 1. The van der Waals surface area contributed by atoms with E-state index < -0.39 is 97.1 Å². The summed E-state index contributed by atoms with van der Waals surface area (Å²) in [6, 6.07) is 22.7. The molecule has 0 amide bonds. The summed E-state index contributed by atoms with van der Waals surface area (Å²) in [5.41, 5.74) is 0.569. The number of phosphoric acid groups is 3. The molecule has 8 rings (SSSR count). The van der Waals surface area contributed by atoms with Gasteiger partial charge in [-0.15, -0.1) is 0 Å². The fourth-order valence-electron chi connectivity index (χ4n) is 12.3. The molecule has 3 fully saturated rings. The van der Waals surface area contributed by atoms with Crippen molar-refractivity contribution in [2.75, 3.05) is 13.2 Å². The average Bonchev–Trinajstić information content (AvgIpc) is 1.53. The van der Waals surface area contributed by atoms with Gasteiger partial charge >= 0.3 is 35.4 Å². The van der Waals surface area contributed by atoms with E-state index in [1.165, 1.54) is 134 Å². The highest BCUT2D eigenvalue weighted by Gasteiger charge is 2.66. The third-order valence-electron chi connectivity index (χ3n) is 17.6. The van der Waals surface area contributed by atoms with E-state index in [4.69, 9.17) is 59.7 Å². The first-order valence-corrected chi connectivity index (χ1v) is 39.0. The molecule has 0 radical (unpaired) electrons. The van der Waals surface area contributed by atoms with E-state index >= 15 is 4.57 Å². The van der Waals surface area contributed by atoms with Crippen molar-refractivity contribution in [1.29, 1.82) is 0 Å². The molecule has 92 heavy (non-hydrogen) atoms. The number of esters is 2. The van der Waals surface area contributed by atoms with Crippen LogP contribution in [0.15, 0.2) is 78.9 Å². The molecule has 3 aliphatic heterocycles. The Balaban J connectivity index is 0.999. The summed E-state index contributed by atoms with van der Waals surface area (Å²) in [4.78, 5) is 27.1. The smallest absolute Gasteiger partial charge is 0.462 e. The molecule has 1 N–H and O–H groups in total. The topological polar surface area (TPSA) is 226 Å². The van der Waals surface area contributed by atoms with Crippen LogP contribution in [-0.2, 0) is 89.6 Å². The van der Waals surface area contributed by atoms with Gasteiger partial charge in [-0.25, -0.2) is 13.7 Å². The maximum Gasteiger partial charge on any atom is 0.586 e. The third kappa shape index (κ3) is 24.1. The number of rotatable bonds is 43. The number of aliphatic hydroxyl groups excluding tert-OH is 1. The lowest BCUT2D eigenvalue weighted by Crippen LogP contribution is -2.64. The second-order valence-corrected chi connectivity index (χ2v) is 29.8. The molecule has 3 aromatic rings. The Hall–Kier alpha value is -4.35. The number of aliphatic hydroxyl groups is 1. The molecule has 19 nitrogen and oxygen atoms in total. The lowest BCUT2D eigenvalue weighted by atomic mass is 9.85. The van der Waals surface area contributed by atoms with Crippen molar-refractivity contribution >= 4 is 60.5 Å². The Bertz CT molecular complexity index is 3000. The predicted molar refractivity (Wildman–Crippen MR) is 351 cm³/mol. The van der Waals surface area contributed by atoms with E-state index in [1.54, 1.807) is 78.9 Å². The van der Waals surface area contributed by atoms with Gasteiger partial charge in [-0.05, 0) is 31.2 Å². The summed E-state index contributed by atoms with van der Waals surface area (Å²) >= 11 is 0. The lowest BCUT2D eigenvalue weighted by molar-refractivity contribution is -0.202. The van der Waals surface area contributed by atoms with Gasteiger partial charge in [-0.1, -0.05) is 253 Å². The van der Waals surface area contributed by atoms with Crippen molar-refractivity contribution in [1.82, 2.24) is 0 Å². The van der Waals surface area contributed by atoms with Crippen LogP contribution < -0.4 is 20.9 Å². The van der Waals surface area contributed by atoms with Gasteiger partial charge in [0.15, 0.2) is 11.9 Å². The van der Waals surface area contributed by atoms with Gasteiger partial charge in [-0.3, -0.25) is 32.2 Å². The van der Waals surface area contributed by atoms with E-state index in [2.05, 4.69) is 13.8 Å². The summed E-state index contributed by atoms with van der Waals surface area (Å²) in [6.07, 6.45) is 26.1. The first-order valence-electron chi connectivity index (χ1n) is 34.6. The molecular formula is C70H103O19P3. The summed E-state index contributed by atoms with van der Waals surface area (Å²) in [6.45, 7) is 3.06. The molecule has 0 bridgehead atoms. The molecule has 5 aliphatic rings. The van der Waals surface area contributed by atoms with E-state index in [0.29, 0.717) is 65.0 Å². The number of carbonyl (C=O) groups excluding carboxylic acids is 2.